The van der Waals surface area contributed by atoms with Crippen LogP contribution in [0.1, 0.15) is 23.0 Å². The maximum absolute atomic E-state index is 12.9. The van der Waals surface area contributed by atoms with E-state index >= 15 is 0 Å². The second kappa shape index (κ2) is 6.66. The highest BCUT2D eigenvalue weighted by Gasteiger charge is 2.43. The standard InChI is InChI=1S/C19H17N5O5S/c1-19(16(26)22-17(27)23-19)11-6-5-7-12(10-11)20-15(25)14-13-8-3-4-9-24(13)18(21-14)30(2,28)29/h3-10H,1-2H3,(H,20,25)(H2,22,23,26,27). The van der Waals surface area contributed by atoms with Crippen LogP contribution in [0.3, 0.4) is 0 Å². The van der Waals surface area contributed by atoms with Crippen molar-refractivity contribution in [2.75, 3.05) is 11.6 Å². The number of aromatic nitrogens is 2. The lowest BCUT2D eigenvalue weighted by Crippen LogP contribution is -2.40. The molecule has 1 fully saturated rings. The van der Waals surface area contributed by atoms with Crippen molar-refractivity contribution < 1.29 is 22.8 Å². The molecule has 10 nitrogen and oxygen atoms in total. The van der Waals surface area contributed by atoms with E-state index in [0.29, 0.717) is 16.8 Å². The summed E-state index contributed by atoms with van der Waals surface area (Å²) in [5.41, 5.74) is -0.177. The molecule has 2 aromatic heterocycles. The average Bonchev–Trinajstić information content (AvgIpc) is 3.19. The number of nitrogens with one attached hydrogen (secondary N) is 3. The number of carbonyl (C=O) groups excluding carboxylic acids is 3. The SMILES string of the molecule is CC1(c2cccc(NC(=O)c3nc(S(C)(=O)=O)n4ccccc34)c2)NC(=O)NC1=O. The summed E-state index contributed by atoms with van der Waals surface area (Å²) in [5.74, 6) is -1.12. The van der Waals surface area contributed by atoms with Crippen LogP contribution in [0, 0.1) is 0 Å². The molecule has 1 saturated heterocycles. The number of urea groups is 1. The molecule has 1 atom stereocenters. The Balaban J connectivity index is 1.69. The molecule has 1 unspecified atom stereocenters. The van der Waals surface area contributed by atoms with Crippen LogP contribution in [0.4, 0.5) is 10.5 Å². The van der Waals surface area contributed by atoms with Gasteiger partial charge in [0.25, 0.3) is 11.8 Å². The van der Waals surface area contributed by atoms with E-state index in [4.69, 9.17) is 0 Å². The Morgan fingerprint density at radius 2 is 1.93 bits per heavy atom. The third kappa shape index (κ3) is 3.18. The molecule has 1 aliphatic heterocycles. The van der Waals surface area contributed by atoms with Gasteiger partial charge >= 0.3 is 6.03 Å². The molecule has 4 amide bonds. The van der Waals surface area contributed by atoms with E-state index in [-0.39, 0.29) is 10.9 Å². The van der Waals surface area contributed by atoms with E-state index < -0.39 is 33.2 Å². The number of amides is 4. The van der Waals surface area contributed by atoms with Gasteiger partial charge in [0.2, 0.25) is 15.0 Å². The number of pyridine rings is 1. The number of imide groups is 1. The number of hydrogen-bond donors (Lipinski definition) is 3. The average molecular weight is 427 g/mol. The highest BCUT2D eigenvalue weighted by atomic mass is 32.2. The molecule has 3 heterocycles. The summed E-state index contributed by atoms with van der Waals surface area (Å²) in [4.78, 5) is 40.6. The summed E-state index contributed by atoms with van der Waals surface area (Å²) in [6.45, 7) is 1.55. The van der Waals surface area contributed by atoms with Crippen LogP contribution in [-0.2, 0) is 20.2 Å². The Morgan fingerprint density at radius 3 is 2.60 bits per heavy atom. The Hall–Kier alpha value is -3.73. The first-order valence-corrected chi connectivity index (χ1v) is 10.7. The molecule has 0 saturated carbocycles. The molecule has 3 aromatic rings. The largest absolute Gasteiger partial charge is 0.322 e. The second-order valence-electron chi connectivity index (χ2n) is 7.04. The summed E-state index contributed by atoms with van der Waals surface area (Å²) in [5, 5.41) is 7.17. The Bertz CT molecular complexity index is 1330. The van der Waals surface area contributed by atoms with Crippen molar-refractivity contribution in [3.05, 3.63) is 59.9 Å². The van der Waals surface area contributed by atoms with Gasteiger partial charge in [-0.1, -0.05) is 18.2 Å². The lowest BCUT2D eigenvalue weighted by Gasteiger charge is -2.21. The summed E-state index contributed by atoms with van der Waals surface area (Å²) >= 11 is 0. The number of anilines is 1. The third-order valence-corrected chi connectivity index (χ3v) is 5.76. The fourth-order valence-corrected chi connectivity index (χ4v) is 4.06. The smallest absolute Gasteiger partial charge is 0.321 e. The highest BCUT2D eigenvalue weighted by molar-refractivity contribution is 7.90. The summed E-state index contributed by atoms with van der Waals surface area (Å²) < 4.78 is 25.4. The zero-order valence-corrected chi connectivity index (χ0v) is 16.8. The first-order chi connectivity index (χ1) is 14.1. The Labute approximate surface area is 171 Å². The van der Waals surface area contributed by atoms with E-state index in [1.165, 1.54) is 10.6 Å². The van der Waals surface area contributed by atoms with E-state index in [2.05, 4.69) is 20.9 Å². The van der Waals surface area contributed by atoms with Crippen LogP contribution in [0.15, 0.2) is 53.8 Å². The van der Waals surface area contributed by atoms with Crippen LogP contribution in [-0.4, -0.2) is 41.9 Å². The number of fused-ring (bicyclic) bond motifs is 1. The predicted octanol–water partition coefficient (Wildman–Crippen LogP) is 1.04. The van der Waals surface area contributed by atoms with E-state index in [9.17, 15) is 22.8 Å². The number of benzene rings is 1. The molecule has 1 aromatic carbocycles. The van der Waals surface area contributed by atoms with Gasteiger partial charge in [-0.25, -0.2) is 18.2 Å². The minimum atomic E-state index is -3.67. The number of nitrogens with zero attached hydrogens (tertiary/aromatic N) is 2. The van der Waals surface area contributed by atoms with Gasteiger partial charge in [0.15, 0.2) is 5.69 Å². The molecular formula is C19H17N5O5S. The number of sulfone groups is 1. The molecule has 0 spiro atoms. The minimum absolute atomic E-state index is 0.0560. The van der Waals surface area contributed by atoms with Gasteiger partial charge in [-0.15, -0.1) is 0 Å². The zero-order chi connectivity index (χ0) is 21.7. The Kier molecular flexibility index (Phi) is 4.35. The van der Waals surface area contributed by atoms with Gasteiger partial charge in [-0.3, -0.25) is 19.3 Å². The van der Waals surface area contributed by atoms with Gasteiger partial charge in [0, 0.05) is 18.1 Å². The van der Waals surface area contributed by atoms with Crippen LogP contribution in [0.25, 0.3) is 5.52 Å². The van der Waals surface area contributed by atoms with Gasteiger partial charge < -0.3 is 10.6 Å². The first-order valence-electron chi connectivity index (χ1n) is 8.82. The van der Waals surface area contributed by atoms with Crippen molar-refractivity contribution in [2.45, 2.75) is 17.6 Å². The fraction of sp³-hybridized carbons (Fsp3) is 0.158. The maximum atomic E-state index is 12.9. The van der Waals surface area contributed by atoms with Crippen LogP contribution in [0.2, 0.25) is 0 Å². The maximum Gasteiger partial charge on any atom is 0.322 e. The van der Waals surface area contributed by atoms with Crippen molar-refractivity contribution in [3.8, 4) is 0 Å². The molecule has 0 aliphatic carbocycles. The first kappa shape index (κ1) is 19.6. The molecule has 1 aliphatic rings. The molecule has 0 radical (unpaired) electrons. The predicted molar refractivity (Wildman–Crippen MR) is 107 cm³/mol. The molecule has 154 valence electrons. The third-order valence-electron chi connectivity index (χ3n) is 4.81. The number of hydrogen-bond acceptors (Lipinski definition) is 6. The van der Waals surface area contributed by atoms with Crippen LogP contribution < -0.4 is 16.0 Å². The van der Waals surface area contributed by atoms with Crippen molar-refractivity contribution in [1.82, 2.24) is 20.0 Å². The van der Waals surface area contributed by atoms with Gasteiger partial charge in [0.1, 0.15) is 5.54 Å². The topological polar surface area (TPSA) is 139 Å². The minimum Gasteiger partial charge on any atom is -0.321 e. The van der Waals surface area contributed by atoms with Crippen molar-refractivity contribution in [1.29, 1.82) is 0 Å². The summed E-state index contributed by atoms with van der Waals surface area (Å²) in [6, 6.07) is 10.7. The molecular weight excluding hydrogens is 410 g/mol. The van der Waals surface area contributed by atoms with Gasteiger partial charge in [-0.05, 0) is 36.8 Å². The lowest BCUT2D eigenvalue weighted by atomic mass is 9.92. The lowest BCUT2D eigenvalue weighted by molar-refractivity contribution is -0.123. The highest BCUT2D eigenvalue weighted by Crippen LogP contribution is 2.27. The van der Waals surface area contributed by atoms with Crippen LogP contribution in [0.5, 0.6) is 0 Å². The number of carbonyl (C=O) groups is 3. The van der Waals surface area contributed by atoms with E-state index in [1.807, 2.05) is 0 Å². The second-order valence-corrected chi connectivity index (χ2v) is 8.95. The fourth-order valence-electron chi connectivity index (χ4n) is 3.28. The Morgan fingerprint density at radius 1 is 1.17 bits per heavy atom. The van der Waals surface area contributed by atoms with Gasteiger partial charge in [0.05, 0.1) is 5.52 Å². The van der Waals surface area contributed by atoms with E-state index in [1.54, 1.807) is 49.4 Å². The summed E-state index contributed by atoms with van der Waals surface area (Å²) in [6.07, 6.45) is 2.53. The van der Waals surface area contributed by atoms with Crippen molar-refractivity contribution in [3.63, 3.8) is 0 Å². The molecule has 3 N–H and O–H groups in total. The quantitative estimate of drug-likeness (QED) is 0.532. The molecule has 11 heteroatoms. The monoisotopic (exact) mass is 427 g/mol. The van der Waals surface area contributed by atoms with Crippen molar-refractivity contribution >= 4 is 38.9 Å². The molecule has 0 bridgehead atoms. The van der Waals surface area contributed by atoms with Crippen LogP contribution >= 0.6 is 0 Å². The van der Waals surface area contributed by atoms with E-state index in [0.717, 1.165) is 6.26 Å². The number of imidazole rings is 1. The number of rotatable bonds is 4. The summed E-state index contributed by atoms with van der Waals surface area (Å²) in [7, 11) is -3.67. The molecule has 4 rings (SSSR count). The normalized spacial score (nSPS) is 18.9. The molecule has 30 heavy (non-hydrogen) atoms. The zero-order valence-electron chi connectivity index (χ0n) is 16.0. The van der Waals surface area contributed by atoms with Crippen molar-refractivity contribution in [2.24, 2.45) is 0 Å². The van der Waals surface area contributed by atoms with Gasteiger partial charge in [-0.2, -0.15) is 0 Å².